The zero-order valence-corrected chi connectivity index (χ0v) is 8.94. The molecule has 1 fully saturated rings. The van der Waals surface area contributed by atoms with Crippen molar-refractivity contribution in [3.63, 3.8) is 0 Å². The number of nitrogens with one attached hydrogen (secondary N) is 1. The Hall–Kier alpha value is -1.20. The zero-order chi connectivity index (χ0) is 10.5. The van der Waals surface area contributed by atoms with Crippen molar-refractivity contribution in [3.05, 3.63) is 18.0 Å². The highest BCUT2D eigenvalue weighted by Gasteiger charge is 2.12. The summed E-state index contributed by atoms with van der Waals surface area (Å²) < 4.78 is 5.05. The number of rotatable bonds is 3. The number of nitrogens with zero attached hydrogens (tertiary/aromatic N) is 3. The first-order valence-corrected chi connectivity index (χ1v) is 5.16. The van der Waals surface area contributed by atoms with Gasteiger partial charge in [-0.25, -0.2) is 9.97 Å². The van der Waals surface area contributed by atoms with Crippen molar-refractivity contribution in [1.29, 1.82) is 0 Å². The number of ether oxygens (including phenoxy) is 1. The fourth-order valence-electron chi connectivity index (χ4n) is 1.63. The largest absolute Gasteiger partial charge is 0.378 e. The molecule has 1 saturated heterocycles. The Kier molecular flexibility index (Phi) is 3.47. The molecule has 5 heteroatoms. The summed E-state index contributed by atoms with van der Waals surface area (Å²) in [4.78, 5) is 10.9. The lowest BCUT2D eigenvalue weighted by Gasteiger charge is -2.27. The molecule has 0 saturated carbocycles. The minimum atomic E-state index is 0.543. The molecule has 1 N–H and O–H groups in total. The normalized spacial score (nSPS) is 16.7. The summed E-state index contributed by atoms with van der Waals surface area (Å²) in [5.41, 5.74) is 0.932. The number of anilines is 1. The molecule has 82 valence electrons. The highest BCUT2D eigenvalue weighted by Crippen LogP contribution is 2.08. The zero-order valence-electron chi connectivity index (χ0n) is 8.94. The average molecular weight is 208 g/mol. The number of piperazine rings is 1. The molecular weight excluding hydrogens is 192 g/mol. The van der Waals surface area contributed by atoms with Gasteiger partial charge in [0.05, 0.1) is 12.3 Å². The van der Waals surface area contributed by atoms with E-state index in [1.165, 1.54) is 0 Å². The maximum atomic E-state index is 5.05. The van der Waals surface area contributed by atoms with Crippen LogP contribution in [0.4, 0.5) is 5.95 Å². The molecule has 1 aliphatic rings. The fourth-order valence-corrected chi connectivity index (χ4v) is 1.63. The Morgan fingerprint density at radius 3 is 3.00 bits per heavy atom. The maximum absolute atomic E-state index is 5.05. The highest BCUT2D eigenvalue weighted by molar-refractivity contribution is 5.30. The molecule has 2 rings (SSSR count). The van der Waals surface area contributed by atoms with Crippen molar-refractivity contribution in [1.82, 2.24) is 15.3 Å². The molecule has 15 heavy (non-hydrogen) atoms. The Morgan fingerprint density at radius 1 is 1.47 bits per heavy atom. The average Bonchev–Trinajstić information content (AvgIpc) is 2.31. The van der Waals surface area contributed by atoms with Crippen LogP contribution in [0.15, 0.2) is 12.3 Å². The first-order valence-electron chi connectivity index (χ1n) is 5.16. The van der Waals surface area contributed by atoms with E-state index in [-0.39, 0.29) is 0 Å². The van der Waals surface area contributed by atoms with Crippen LogP contribution in [0.3, 0.4) is 0 Å². The minimum Gasteiger partial charge on any atom is -0.378 e. The molecule has 1 aromatic rings. The summed E-state index contributed by atoms with van der Waals surface area (Å²) in [7, 11) is 1.67. The first kappa shape index (κ1) is 10.3. The van der Waals surface area contributed by atoms with Crippen molar-refractivity contribution in [2.45, 2.75) is 6.61 Å². The molecule has 0 atom stereocenters. The number of hydrogen-bond donors (Lipinski definition) is 1. The molecule has 1 aromatic heterocycles. The maximum Gasteiger partial charge on any atom is 0.225 e. The van der Waals surface area contributed by atoms with Gasteiger partial charge in [0.15, 0.2) is 0 Å². The quantitative estimate of drug-likeness (QED) is 0.759. The predicted molar refractivity (Wildman–Crippen MR) is 57.8 cm³/mol. The van der Waals surface area contributed by atoms with E-state index in [2.05, 4.69) is 20.2 Å². The molecule has 0 bridgehead atoms. The summed E-state index contributed by atoms with van der Waals surface area (Å²) in [5.74, 6) is 0.811. The van der Waals surface area contributed by atoms with Crippen LogP contribution >= 0.6 is 0 Å². The van der Waals surface area contributed by atoms with Gasteiger partial charge in [0.25, 0.3) is 0 Å². The fraction of sp³-hybridized carbons (Fsp3) is 0.600. The van der Waals surface area contributed by atoms with Gasteiger partial charge < -0.3 is 15.0 Å². The lowest BCUT2D eigenvalue weighted by molar-refractivity contribution is 0.181. The second kappa shape index (κ2) is 5.04. The van der Waals surface area contributed by atoms with Gasteiger partial charge in [-0.05, 0) is 6.07 Å². The van der Waals surface area contributed by atoms with Crippen LogP contribution in [0.1, 0.15) is 5.69 Å². The van der Waals surface area contributed by atoms with Gasteiger partial charge in [-0.3, -0.25) is 0 Å². The molecule has 0 spiro atoms. The van der Waals surface area contributed by atoms with E-state index in [0.29, 0.717) is 6.61 Å². The van der Waals surface area contributed by atoms with Crippen LogP contribution in [0.25, 0.3) is 0 Å². The molecule has 5 nitrogen and oxygen atoms in total. The summed E-state index contributed by atoms with van der Waals surface area (Å²) in [6, 6.07) is 1.88. The Balaban J connectivity index is 2.09. The van der Waals surface area contributed by atoms with E-state index in [0.717, 1.165) is 37.8 Å². The third-order valence-electron chi connectivity index (χ3n) is 2.39. The van der Waals surface area contributed by atoms with E-state index in [9.17, 15) is 0 Å². The minimum absolute atomic E-state index is 0.543. The molecule has 0 aliphatic carbocycles. The van der Waals surface area contributed by atoms with Crippen LogP contribution in [0.5, 0.6) is 0 Å². The Labute approximate surface area is 89.5 Å². The highest BCUT2D eigenvalue weighted by atomic mass is 16.5. The Morgan fingerprint density at radius 2 is 2.27 bits per heavy atom. The molecule has 0 aromatic carbocycles. The van der Waals surface area contributed by atoms with Crippen molar-refractivity contribution in [2.75, 3.05) is 38.2 Å². The standard InChI is InChI=1S/C10H16N4O/c1-15-8-9-2-3-12-10(13-9)14-6-4-11-5-7-14/h2-3,11H,4-8H2,1H3. The van der Waals surface area contributed by atoms with Gasteiger partial charge in [0, 0.05) is 39.5 Å². The molecule has 0 radical (unpaired) electrons. The summed E-state index contributed by atoms with van der Waals surface area (Å²) in [6.45, 7) is 4.48. The first-order chi connectivity index (χ1) is 7.40. The van der Waals surface area contributed by atoms with Crippen molar-refractivity contribution >= 4 is 5.95 Å². The summed E-state index contributed by atoms with van der Waals surface area (Å²) >= 11 is 0. The van der Waals surface area contributed by atoms with Crippen LogP contribution in [-0.4, -0.2) is 43.3 Å². The number of hydrogen-bond acceptors (Lipinski definition) is 5. The lowest BCUT2D eigenvalue weighted by Crippen LogP contribution is -2.44. The van der Waals surface area contributed by atoms with Gasteiger partial charge in [-0.2, -0.15) is 0 Å². The third kappa shape index (κ3) is 2.64. The van der Waals surface area contributed by atoms with Gasteiger partial charge in [-0.15, -0.1) is 0 Å². The topological polar surface area (TPSA) is 50.3 Å². The SMILES string of the molecule is COCc1ccnc(N2CCNCC2)n1. The van der Waals surface area contributed by atoms with E-state index in [1.807, 2.05) is 6.07 Å². The lowest BCUT2D eigenvalue weighted by atomic mass is 10.4. The van der Waals surface area contributed by atoms with Crippen molar-refractivity contribution in [2.24, 2.45) is 0 Å². The van der Waals surface area contributed by atoms with Gasteiger partial charge in [0.1, 0.15) is 0 Å². The summed E-state index contributed by atoms with van der Waals surface area (Å²) in [5, 5.41) is 3.30. The molecule has 2 heterocycles. The van der Waals surface area contributed by atoms with Crippen molar-refractivity contribution in [3.8, 4) is 0 Å². The van der Waals surface area contributed by atoms with Gasteiger partial charge >= 0.3 is 0 Å². The van der Waals surface area contributed by atoms with E-state index in [4.69, 9.17) is 4.74 Å². The van der Waals surface area contributed by atoms with Crippen molar-refractivity contribution < 1.29 is 4.74 Å². The smallest absolute Gasteiger partial charge is 0.225 e. The van der Waals surface area contributed by atoms with E-state index >= 15 is 0 Å². The van der Waals surface area contributed by atoms with E-state index in [1.54, 1.807) is 13.3 Å². The summed E-state index contributed by atoms with van der Waals surface area (Å²) in [6.07, 6.45) is 1.79. The van der Waals surface area contributed by atoms with Crippen LogP contribution in [-0.2, 0) is 11.3 Å². The number of aromatic nitrogens is 2. The van der Waals surface area contributed by atoms with Crippen LogP contribution in [0, 0.1) is 0 Å². The monoisotopic (exact) mass is 208 g/mol. The second-order valence-electron chi connectivity index (χ2n) is 3.52. The Bertz CT molecular complexity index is 312. The number of methoxy groups -OCH3 is 1. The molecule has 1 aliphatic heterocycles. The molecule has 0 amide bonds. The van der Waals surface area contributed by atoms with Gasteiger partial charge in [0.2, 0.25) is 5.95 Å². The third-order valence-corrected chi connectivity index (χ3v) is 2.39. The van der Waals surface area contributed by atoms with E-state index < -0.39 is 0 Å². The second-order valence-corrected chi connectivity index (χ2v) is 3.52. The molecular formula is C10H16N4O. The van der Waals surface area contributed by atoms with Crippen LogP contribution < -0.4 is 10.2 Å². The van der Waals surface area contributed by atoms with Gasteiger partial charge in [-0.1, -0.05) is 0 Å². The predicted octanol–water partition coefficient (Wildman–Crippen LogP) is 0.0326. The molecule has 0 unspecified atom stereocenters. The van der Waals surface area contributed by atoms with Crippen LogP contribution in [0.2, 0.25) is 0 Å².